The lowest BCUT2D eigenvalue weighted by molar-refractivity contribution is 0.660. The number of hydrogen-bond acceptors (Lipinski definition) is 0. The molecule has 15 rings (SSSR count). The molecule has 2 nitrogen and oxygen atoms in total. The van der Waals surface area contributed by atoms with Crippen molar-refractivity contribution >= 4 is 21.8 Å². The standard InChI is InChI=1S/C70H50N2/c1-69(2)59-29-17-15-23-49(59)51-35-31-43(39-61(51)69)45-33-37-57-63(41-45)71(47-19-7-5-8-20-47)67-55-27-13-14-28-56(55)68-66(54-26-12-11-25-53(54)65(57)67)58-38-34-46(42-64(58)72(68)48-21-9-6-10-22-48)44-32-36-52-50-24-16-18-30-60(50)70(3,4)62(52)40-44/h5-42H,1-4H3. The van der Waals surface area contributed by atoms with Crippen molar-refractivity contribution in [3.63, 3.8) is 0 Å². The lowest BCUT2D eigenvalue weighted by Crippen LogP contribution is -2.14. The number of para-hydroxylation sites is 2. The van der Waals surface area contributed by atoms with E-state index in [9.17, 15) is 0 Å². The maximum absolute atomic E-state index is 2.54. The van der Waals surface area contributed by atoms with Crippen LogP contribution < -0.4 is 0 Å². The Morgan fingerprint density at radius 2 is 0.583 bits per heavy atom. The van der Waals surface area contributed by atoms with E-state index in [0.717, 1.165) is 11.4 Å². The first-order chi connectivity index (χ1) is 35.3. The van der Waals surface area contributed by atoms with Crippen LogP contribution in [0.4, 0.5) is 0 Å². The molecule has 0 N–H and O–H groups in total. The zero-order chi connectivity index (χ0) is 48.0. The number of rotatable bonds is 4. The fourth-order valence-electron chi connectivity index (χ4n) is 13.3. The van der Waals surface area contributed by atoms with Crippen molar-refractivity contribution in [2.75, 3.05) is 0 Å². The fraction of sp³-hybridized carbons (Fsp3) is 0.0857. The minimum absolute atomic E-state index is 0.0907. The molecule has 0 amide bonds. The zero-order valence-corrected chi connectivity index (χ0v) is 40.8. The van der Waals surface area contributed by atoms with E-state index >= 15 is 0 Å². The molecule has 0 fully saturated rings. The van der Waals surface area contributed by atoms with Gasteiger partial charge in [0.05, 0.1) is 22.4 Å². The summed E-state index contributed by atoms with van der Waals surface area (Å²) in [5.41, 5.74) is 30.0. The molecular formula is C70H50N2. The third kappa shape index (κ3) is 5.61. The van der Waals surface area contributed by atoms with Crippen LogP contribution in [0.2, 0.25) is 0 Å². The Morgan fingerprint density at radius 3 is 1.00 bits per heavy atom. The summed E-state index contributed by atoms with van der Waals surface area (Å²) in [6, 6.07) is 86.8. The third-order valence-corrected chi connectivity index (χ3v) is 16.7. The summed E-state index contributed by atoms with van der Waals surface area (Å²) in [4.78, 5) is 0. The first-order valence-corrected chi connectivity index (χ1v) is 25.4. The molecule has 0 atom stereocenters. The Hall–Kier alpha value is -8.72. The number of aromatic nitrogens is 2. The molecule has 12 aromatic rings. The maximum Gasteiger partial charge on any atom is 0.0626 e. The fourth-order valence-corrected chi connectivity index (χ4v) is 13.3. The molecule has 0 bridgehead atoms. The van der Waals surface area contributed by atoms with Crippen molar-refractivity contribution in [1.29, 1.82) is 0 Å². The Bertz CT molecular complexity index is 3980. The van der Waals surface area contributed by atoms with Gasteiger partial charge in [0.1, 0.15) is 0 Å². The normalized spacial score (nSPS) is 14.1. The third-order valence-electron chi connectivity index (χ3n) is 16.7. The monoisotopic (exact) mass is 918 g/mol. The van der Waals surface area contributed by atoms with E-state index in [4.69, 9.17) is 0 Å². The molecule has 3 aliphatic rings. The van der Waals surface area contributed by atoms with Crippen LogP contribution in [0.5, 0.6) is 0 Å². The van der Waals surface area contributed by atoms with Gasteiger partial charge in [-0.2, -0.15) is 0 Å². The van der Waals surface area contributed by atoms with Crippen molar-refractivity contribution < 1.29 is 0 Å². The smallest absolute Gasteiger partial charge is 0.0626 e. The average Bonchev–Trinajstić information content (AvgIpc) is 4.09. The summed E-state index contributed by atoms with van der Waals surface area (Å²) in [7, 11) is 0. The van der Waals surface area contributed by atoms with Gasteiger partial charge in [-0.25, -0.2) is 0 Å². The number of benzene rings is 10. The lowest BCUT2D eigenvalue weighted by atomic mass is 9.81. The number of nitrogens with zero attached hydrogens (tertiary/aromatic N) is 2. The van der Waals surface area contributed by atoms with E-state index in [0.29, 0.717) is 0 Å². The van der Waals surface area contributed by atoms with Crippen molar-refractivity contribution in [2.24, 2.45) is 0 Å². The topological polar surface area (TPSA) is 9.86 Å². The molecule has 340 valence electrons. The summed E-state index contributed by atoms with van der Waals surface area (Å²) in [5.74, 6) is 0. The molecule has 10 aromatic carbocycles. The van der Waals surface area contributed by atoms with Gasteiger partial charge in [0.2, 0.25) is 0 Å². The van der Waals surface area contributed by atoms with Gasteiger partial charge < -0.3 is 9.13 Å². The highest BCUT2D eigenvalue weighted by Crippen LogP contribution is 2.57. The molecule has 0 spiro atoms. The SMILES string of the molecule is CC1(C)c2ccccc2-c2ccc(-c3ccc4c5c(n(-c6ccccc6)c4c3)-c3ccccc3-c3c(c4ccc(-c6ccc7c(c6)C(C)(C)c6ccccc6-7)cc4n3-c3ccccc3)-c3ccccc3-5)cc21. The Labute approximate surface area is 420 Å². The molecule has 0 saturated heterocycles. The van der Waals surface area contributed by atoms with E-state index in [1.807, 2.05) is 0 Å². The summed E-state index contributed by atoms with van der Waals surface area (Å²) in [5, 5.41) is 2.46. The Morgan fingerprint density at radius 1 is 0.264 bits per heavy atom. The van der Waals surface area contributed by atoms with E-state index in [1.165, 1.54) is 133 Å². The van der Waals surface area contributed by atoms with Crippen LogP contribution >= 0.6 is 0 Å². The van der Waals surface area contributed by atoms with Gasteiger partial charge in [-0.1, -0.05) is 210 Å². The first-order valence-electron chi connectivity index (χ1n) is 25.4. The first kappa shape index (κ1) is 41.1. The molecule has 2 heteroatoms. The van der Waals surface area contributed by atoms with Gasteiger partial charge in [-0.05, 0) is 126 Å². The summed E-state index contributed by atoms with van der Waals surface area (Å²) in [6.07, 6.45) is 0. The predicted molar refractivity (Wildman–Crippen MR) is 301 cm³/mol. The van der Waals surface area contributed by atoms with Crippen molar-refractivity contribution in [3.05, 3.63) is 253 Å². The second-order valence-electron chi connectivity index (χ2n) is 21.2. The second kappa shape index (κ2) is 14.9. The largest absolute Gasteiger partial charge is 0.309 e. The quantitative estimate of drug-likeness (QED) is 0.166. The number of fused-ring (bicyclic) bond motifs is 18. The van der Waals surface area contributed by atoms with E-state index < -0.39 is 0 Å². The molecule has 2 heterocycles. The van der Waals surface area contributed by atoms with Crippen LogP contribution in [0.1, 0.15) is 49.9 Å². The lowest BCUT2D eigenvalue weighted by Gasteiger charge is -2.23. The molecule has 0 saturated carbocycles. The van der Waals surface area contributed by atoms with Crippen LogP contribution in [0.3, 0.4) is 0 Å². The molecule has 3 aliphatic carbocycles. The minimum atomic E-state index is -0.0907. The van der Waals surface area contributed by atoms with Crippen LogP contribution in [0, 0.1) is 0 Å². The van der Waals surface area contributed by atoms with Crippen molar-refractivity contribution in [1.82, 2.24) is 9.13 Å². The molecule has 2 aromatic heterocycles. The van der Waals surface area contributed by atoms with Crippen LogP contribution in [-0.4, -0.2) is 9.13 Å². The Kier molecular flexibility index (Phi) is 8.51. The minimum Gasteiger partial charge on any atom is -0.309 e. The second-order valence-corrected chi connectivity index (χ2v) is 21.2. The van der Waals surface area contributed by atoms with E-state index in [-0.39, 0.29) is 10.8 Å². The molecular weight excluding hydrogens is 869 g/mol. The molecule has 0 unspecified atom stereocenters. The number of hydrogen-bond donors (Lipinski definition) is 0. The highest BCUT2D eigenvalue weighted by molar-refractivity contribution is 6.18. The van der Waals surface area contributed by atoms with E-state index in [2.05, 4.69) is 267 Å². The van der Waals surface area contributed by atoms with Gasteiger partial charge in [-0.3, -0.25) is 0 Å². The van der Waals surface area contributed by atoms with Gasteiger partial charge >= 0.3 is 0 Å². The van der Waals surface area contributed by atoms with Gasteiger partial charge in [0.25, 0.3) is 0 Å². The summed E-state index contributed by atoms with van der Waals surface area (Å²) < 4.78 is 5.09. The molecule has 72 heavy (non-hydrogen) atoms. The maximum atomic E-state index is 2.54. The van der Waals surface area contributed by atoms with Gasteiger partial charge in [-0.15, -0.1) is 0 Å². The summed E-state index contributed by atoms with van der Waals surface area (Å²) in [6.45, 7) is 9.48. The van der Waals surface area contributed by atoms with Gasteiger partial charge in [0.15, 0.2) is 0 Å². The summed E-state index contributed by atoms with van der Waals surface area (Å²) >= 11 is 0. The van der Waals surface area contributed by atoms with Crippen LogP contribution in [-0.2, 0) is 10.8 Å². The van der Waals surface area contributed by atoms with Crippen molar-refractivity contribution in [3.8, 4) is 101 Å². The average molecular weight is 919 g/mol. The van der Waals surface area contributed by atoms with Crippen LogP contribution in [0.25, 0.3) is 122 Å². The van der Waals surface area contributed by atoms with Crippen molar-refractivity contribution in [2.45, 2.75) is 38.5 Å². The predicted octanol–water partition coefficient (Wildman–Crippen LogP) is 18.5. The zero-order valence-electron chi connectivity index (χ0n) is 40.8. The molecule has 0 radical (unpaired) electrons. The molecule has 0 aliphatic heterocycles. The highest BCUT2D eigenvalue weighted by atomic mass is 15.0. The van der Waals surface area contributed by atoms with Gasteiger partial charge in [0, 0.05) is 55.2 Å². The highest BCUT2D eigenvalue weighted by Gasteiger charge is 2.38. The van der Waals surface area contributed by atoms with E-state index in [1.54, 1.807) is 0 Å². The Balaban J connectivity index is 0.996. The van der Waals surface area contributed by atoms with Crippen LogP contribution in [0.15, 0.2) is 231 Å².